The number of piperazine rings is 1. The maximum Gasteiger partial charge on any atom is 0.249 e. The first-order valence-electron chi connectivity index (χ1n) is 8.11. The van der Waals surface area contributed by atoms with Gasteiger partial charge in [0.1, 0.15) is 11.6 Å². The van der Waals surface area contributed by atoms with Gasteiger partial charge in [-0.1, -0.05) is 27.2 Å². The van der Waals surface area contributed by atoms with Gasteiger partial charge in [-0.2, -0.15) is 0 Å². The lowest BCUT2D eigenvalue weighted by Crippen LogP contribution is -2.71. The lowest BCUT2D eigenvalue weighted by atomic mass is 9.85. The number of methoxy groups -OCH3 is 1. The maximum absolute atomic E-state index is 13.0. The van der Waals surface area contributed by atoms with E-state index in [9.17, 15) is 9.59 Å². The molecule has 5 nitrogen and oxygen atoms in total. The van der Waals surface area contributed by atoms with Gasteiger partial charge in [-0.3, -0.25) is 9.59 Å². The second kappa shape index (κ2) is 7.78. The molecule has 1 N–H and O–H groups in total. The normalized spacial score (nSPS) is 23.1. The van der Waals surface area contributed by atoms with Crippen LogP contribution in [0.15, 0.2) is 0 Å². The summed E-state index contributed by atoms with van der Waals surface area (Å²) in [5.41, 5.74) is -0.733. The van der Waals surface area contributed by atoms with Crippen LogP contribution in [0.5, 0.6) is 0 Å². The van der Waals surface area contributed by atoms with Gasteiger partial charge in [-0.25, -0.2) is 0 Å². The van der Waals surface area contributed by atoms with E-state index in [0.717, 1.165) is 12.8 Å². The van der Waals surface area contributed by atoms with Crippen molar-refractivity contribution in [3.05, 3.63) is 0 Å². The molecule has 1 saturated heterocycles. The van der Waals surface area contributed by atoms with Crippen LogP contribution in [0, 0.1) is 0 Å². The van der Waals surface area contributed by atoms with Crippen LogP contribution >= 0.6 is 0 Å². The van der Waals surface area contributed by atoms with Crippen molar-refractivity contribution in [2.75, 3.05) is 13.7 Å². The Morgan fingerprint density at radius 2 is 1.90 bits per heavy atom. The fourth-order valence-corrected chi connectivity index (χ4v) is 3.10. The highest BCUT2D eigenvalue weighted by Gasteiger charge is 2.49. The Bertz CT molecular complexity index is 367. The molecule has 2 atom stereocenters. The van der Waals surface area contributed by atoms with E-state index in [-0.39, 0.29) is 23.9 Å². The fraction of sp³-hybridized carbons (Fsp3) is 0.875. The average molecular weight is 298 g/mol. The highest BCUT2D eigenvalue weighted by Crippen LogP contribution is 2.29. The van der Waals surface area contributed by atoms with E-state index in [1.165, 1.54) is 0 Å². The second-order valence-corrected chi connectivity index (χ2v) is 5.93. The molecule has 1 fully saturated rings. The minimum Gasteiger partial charge on any atom is -0.385 e. The van der Waals surface area contributed by atoms with Gasteiger partial charge in [-0.05, 0) is 32.6 Å². The number of carbonyl (C=O) groups excluding carboxylic acids is 2. The third kappa shape index (κ3) is 3.57. The zero-order valence-corrected chi connectivity index (χ0v) is 14.1. The zero-order valence-electron chi connectivity index (χ0n) is 14.1. The number of amides is 2. The topological polar surface area (TPSA) is 58.6 Å². The van der Waals surface area contributed by atoms with Crippen LogP contribution in [0.4, 0.5) is 0 Å². The first-order chi connectivity index (χ1) is 9.97. The van der Waals surface area contributed by atoms with Crippen molar-refractivity contribution in [3.8, 4) is 0 Å². The molecular formula is C16H30N2O3. The number of hydrogen-bond acceptors (Lipinski definition) is 3. The molecule has 1 heterocycles. The maximum atomic E-state index is 13.0. The van der Waals surface area contributed by atoms with Crippen molar-refractivity contribution >= 4 is 11.8 Å². The Balaban J connectivity index is 3.08. The predicted octanol–water partition coefficient (Wildman–Crippen LogP) is 2.10. The van der Waals surface area contributed by atoms with E-state index in [0.29, 0.717) is 25.9 Å². The standard InChI is InChI=1S/C16H30N2O3/c1-6-9-13-14(19)17-16(7-2,8-3)15(20)18(13)12(4)10-11-21-5/h12-13H,6-11H2,1-5H3,(H,17,19). The molecule has 1 aliphatic heterocycles. The van der Waals surface area contributed by atoms with Crippen molar-refractivity contribution in [3.63, 3.8) is 0 Å². The summed E-state index contributed by atoms with van der Waals surface area (Å²) in [4.78, 5) is 27.3. The first kappa shape index (κ1) is 18.0. The Hall–Kier alpha value is -1.10. The van der Waals surface area contributed by atoms with E-state index in [1.54, 1.807) is 7.11 Å². The smallest absolute Gasteiger partial charge is 0.249 e. The summed E-state index contributed by atoms with van der Waals surface area (Å²) in [5.74, 6) is 0.0542. The number of ether oxygens (including phenoxy) is 1. The van der Waals surface area contributed by atoms with Crippen LogP contribution in [-0.4, -0.2) is 48.1 Å². The van der Waals surface area contributed by atoms with Gasteiger partial charge in [0, 0.05) is 19.8 Å². The van der Waals surface area contributed by atoms with Crippen molar-refractivity contribution < 1.29 is 14.3 Å². The third-order valence-electron chi connectivity index (χ3n) is 4.63. The van der Waals surface area contributed by atoms with E-state index < -0.39 is 5.54 Å². The molecule has 2 unspecified atom stereocenters. The van der Waals surface area contributed by atoms with Crippen LogP contribution in [0.3, 0.4) is 0 Å². The summed E-state index contributed by atoms with van der Waals surface area (Å²) in [6.45, 7) is 8.56. The van der Waals surface area contributed by atoms with E-state index in [1.807, 2.05) is 32.6 Å². The van der Waals surface area contributed by atoms with Gasteiger partial charge in [0.05, 0.1) is 0 Å². The minimum absolute atomic E-state index is 0.00980. The average Bonchev–Trinajstić information content (AvgIpc) is 2.48. The second-order valence-electron chi connectivity index (χ2n) is 5.93. The molecule has 0 aromatic heterocycles. The van der Waals surface area contributed by atoms with Crippen molar-refractivity contribution in [2.24, 2.45) is 0 Å². The summed E-state index contributed by atoms with van der Waals surface area (Å²) < 4.78 is 5.13. The summed E-state index contributed by atoms with van der Waals surface area (Å²) >= 11 is 0. The zero-order chi connectivity index (χ0) is 16.0. The molecule has 5 heteroatoms. The van der Waals surface area contributed by atoms with Crippen molar-refractivity contribution in [1.82, 2.24) is 10.2 Å². The Kier molecular flexibility index (Phi) is 6.65. The molecule has 0 aromatic carbocycles. The number of rotatable bonds is 8. The quantitative estimate of drug-likeness (QED) is 0.746. The molecule has 0 bridgehead atoms. The molecule has 21 heavy (non-hydrogen) atoms. The lowest BCUT2D eigenvalue weighted by Gasteiger charge is -2.48. The van der Waals surface area contributed by atoms with E-state index in [2.05, 4.69) is 5.32 Å². The van der Waals surface area contributed by atoms with Crippen LogP contribution < -0.4 is 5.32 Å². The van der Waals surface area contributed by atoms with Gasteiger partial charge >= 0.3 is 0 Å². The summed E-state index contributed by atoms with van der Waals surface area (Å²) in [7, 11) is 1.66. The number of hydrogen-bond donors (Lipinski definition) is 1. The van der Waals surface area contributed by atoms with Crippen LogP contribution in [0.2, 0.25) is 0 Å². The predicted molar refractivity (Wildman–Crippen MR) is 83.0 cm³/mol. The van der Waals surface area contributed by atoms with Gasteiger partial charge in [0.2, 0.25) is 11.8 Å². The molecule has 0 aliphatic carbocycles. The molecule has 0 saturated carbocycles. The molecule has 0 radical (unpaired) electrons. The molecule has 0 spiro atoms. The number of carbonyl (C=O) groups is 2. The molecule has 1 rings (SSSR count). The molecule has 0 aromatic rings. The van der Waals surface area contributed by atoms with E-state index in [4.69, 9.17) is 4.74 Å². The molecular weight excluding hydrogens is 268 g/mol. The van der Waals surface area contributed by atoms with Gasteiger partial charge in [-0.15, -0.1) is 0 Å². The molecule has 2 amide bonds. The van der Waals surface area contributed by atoms with Crippen molar-refractivity contribution in [2.45, 2.75) is 77.4 Å². The minimum atomic E-state index is -0.733. The Morgan fingerprint density at radius 3 is 2.38 bits per heavy atom. The monoisotopic (exact) mass is 298 g/mol. The van der Waals surface area contributed by atoms with Crippen LogP contribution in [0.1, 0.15) is 59.8 Å². The molecule has 122 valence electrons. The van der Waals surface area contributed by atoms with Gasteiger partial charge in [0.25, 0.3) is 0 Å². The first-order valence-corrected chi connectivity index (χ1v) is 8.11. The Labute approximate surface area is 128 Å². The molecule has 1 aliphatic rings. The summed E-state index contributed by atoms with van der Waals surface area (Å²) in [6, 6.07) is -0.335. The third-order valence-corrected chi connectivity index (χ3v) is 4.63. The summed E-state index contributed by atoms with van der Waals surface area (Å²) in [6.07, 6.45) is 3.59. The van der Waals surface area contributed by atoms with Gasteiger partial charge < -0.3 is 15.0 Å². The SMILES string of the molecule is CCCC1C(=O)NC(CC)(CC)C(=O)N1C(C)CCOC. The largest absolute Gasteiger partial charge is 0.385 e. The van der Waals surface area contributed by atoms with Crippen molar-refractivity contribution in [1.29, 1.82) is 0 Å². The van der Waals surface area contributed by atoms with E-state index >= 15 is 0 Å². The lowest BCUT2D eigenvalue weighted by molar-refractivity contribution is -0.158. The fourth-order valence-electron chi connectivity index (χ4n) is 3.10. The number of nitrogens with one attached hydrogen (secondary N) is 1. The highest BCUT2D eigenvalue weighted by atomic mass is 16.5. The van der Waals surface area contributed by atoms with Gasteiger partial charge in [0.15, 0.2) is 0 Å². The van der Waals surface area contributed by atoms with Crippen LogP contribution in [0.25, 0.3) is 0 Å². The Morgan fingerprint density at radius 1 is 1.29 bits per heavy atom. The summed E-state index contributed by atoms with van der Waals surface area (Å²) in [5, 5.41) is 2.99. The van der Waals surface area contributed by atoms with Crippen LogP contribution in [-0.2, 0) is 14.3 Å². The number of nitrogens with zero attached hydrogens (tertiary/aromatic N) is 1. The highest BCUT2D eigenvalue weighted by molar-refractivity contribution is 6.00.